The van der Waals surface area contributed by atoms with Gasteiger partial charge in [0.2, 0.25) is 0 Å². The van der Waals surface area contributed by atoms with Crippen molar-refractivity contribution in [3.63, 3.8) is 0 Å². The molecule has 1 aromatic heterocycles. The topological polar surface area (TPSA) is 137 Å². The number of aryl methyl sites for hydroxylation is 1. The Morgan fingerprint density at radius 2 is 2.15 bits per heavy atom. The highest BCUT2D eigenvalue weighted by molar-refractivity contribution is 6.05. The number of H-pyrrole nitrogens is 1. The first-order chi connectivity index (χ1) is 12.5. The predicted octanol–water partition coefficient (Wildman–Crippen LogP) is 2.50. The second-order valence-corrected chi connectivity index (χ2v) is 5.25. The quantitative estimate of drug-likeness (QED) is 0.207. The molecule has 5 N–H and O–H groups in total. The standard InChI is InChI=1S/C18H19N5O3/c1-3-26-18(25)15-11(2)21-14(16(15)24)9-12(10-19)17(20)23-22-13-7-5-4-6-8-13/h4-9,21-22,24H,3H2,1-2H3,(H2,20,23)/b12-9-. The average Bonchev–Trinajstić information content (AvgIpc) is 2.92. The van der Waals surface area contributed by atoms with E-state index in [-0.39, 0.29) is 35.0 Å². The fourth-order valence-electron chi connectivity index (χ4n) is 2.20. The Balaban J connectivity index is 2.30. The lowest BCUT2D eigenvalue weighted by molar-refractivity contribution is 0.0522. The number of aromatic nitrogens is 1. The summed E-state index contributed by atoms with van der Waals surface area (Å²) in [5.74, 6) is -1.03. The zero-order valence-corrected chi connectivity index (χ0v) is 14.4. The van der Waals surface area contributed by atoms with Crippen LogP contribution in [0.15, 0.2) is 41.0 Å². The maximum absolute atomic E-state index is 11.9. The molecule has 0 fully saturated rings. The number of ether oxygens (including phenoxy) is 1. The number of nitrogens with zero attached hydrogens (tertiary/aromatic N) is 2. The Bertz CT molecular complexity index is 892. The highest BCUT2D eigenvalue weighted by atomic mass is 16.5. The number of anilines is 1. The summed E-state index contributed by atoms with van der Waals surface area (Å²) in [4.78, 5) is 14.7. The maximum Gasteiger partial charge on any atom is 0.343 e. The van der Waals surface area contributed by atoms with Crippen molar-refractivity contribution in [3.8, 4) is 11.8 Å². The number of aromatic hydroxyl groups is 1. The number of hydrogen-bond acceptors (Lipinski definition) is 6. The Hall–Kier alpha value is -3.73. The largest absolute Gasteiger partial charge is 0.505 e. The van der Waals surface area contributed by atoms with Gasteiger partial charge in [-0.15, -0.1) is 0 Å². The molecule has 0 amide bonds. The van der Waals surface area contributed by atoms with Gasteiger partial charge < -0.3 is 20.6 Å². The van der Waals surface area contributed by atoms with Gasteiger partial charge in [0.05, 0.1) is 23.6 Å². The molecular weight excluding hydrogens is 334 g/mol. The molecule has 0 bridgehead atoms. The number of benzene rings is 1. The summed E-state index contributed by atoms with van der Waals surface area (Å²) < 4.78 is 4.91. The summed E-state index contributed by atoms with van der Waals surface area (Å²) in [6, 6.07) is 11.0. The number of hydrazone groups is 1. The summed E-state index contributed by atoms with van der Waals surface area (Å²) >= 11 is 0. The molecule has 1 aromatic carbocycles. The number of hydrogen-bond donors (Lipinski definition) is 4. The van der Waals surface area contributed by atoms with Crippen molar-refractivity contribution in [1.82, 2.24) is 4.98 Å². The van der Waals surface area contributed by atoms with Crippen LogP contribution in [0.25, 0.3) is 6.08 Å². The lowest BCUT2D eigenvalue weighted by atomic mass is 10.2. The molecule has 134 valence electrons. The van der Waals surface area contributed by atoms with Crippen molar-refractivity contribution in [2.75, 3.05) is 12.0 Å². The number of amidine groups is 1. The van der Waals surface area contributed by atoms with Crippen LogP contribution in [0.3, 0.4) is 0 Å². The second kappa shape index (κ2) is 8.39. The molecule has 0 unspecified atom stereocenters. The van der Waals surface area contributed by atoms with Crippen LogP contribution in [0.4, 0.5) is 5.69 Å². The van der Waals surface area contributed by atoms with Gasteiger partial charge in [0.15, 0.2) is 11.6 Å². The lowest BCUT2D eigenvalue weighted by Gasteiger charge is -2.02. The van der Waals surface area contributed by atoms with Crippen LogP contribution in [0.1, 0.15) is 28.7 Å². The van der Waals surface area contributed by atoms with Crippen LogP contribution in [0.5, 0.6) is 5.75 Å². The zero-order chi connectivity index (χ0) is 19.1. The zero-order valence-electron chi connectivity index (χ0n) is 14.4. The molecule has 0 aliphatic heterocycles. The molecule has 8 heteroatoms. The van der Waals surface area contributed by atoms with Crippen LogP contribution in [0, 0.1) is 18.3 Å². The van der Waals surface area contributed by atoms with Gasteiger partial charge in [0.25, 0.3) is 0 Å². The van der Waals surface area contributed by atoms with Gasteiger partial charge in [0, 0.05) is 5.69 Å². The van der Waals surface area contributed by atoms with Gasteiger partial charge in [-0.25, -0.2) is 4.79 Å². The van der Waals surface area contributed by atoms with Crippen molar-refractivity contribution in [3.05, 3.63) is 52.9 Å². The fraction of sp³-hybridized carbons (Fsp3) is 0.167. The molecule has 2 rings (SSSR count). The maximum atomic E-state index is 11.9. The average molecular weight is 353 g/mol. The number of nitrogens with two attached hydrogens (primary N) is 1. The third-order valence-electron chi connectivity index (χ3n) is 3.43. The van der Waals surface area contributed by atoms with Crippen molar-refractivity contribution in [2.45, 2.75) is 13.8 Å². The summed E-state index contributed by atoms with van der Waals surface area (Å²) in [5.41, 5.74) is 9.90. The summed E-state index contributed by atoms with van der Waals surface area (Å²) in [6.45, 7) is 3.47. The summed E-state index contributed by atoms with van der Waals surface area (Å²) in [6.07, 6.45) is 1.32. The first kappa shape index (κ1) is 18.6. The van der Waals surface area contributed by atoms with E-state index in [1.807, 2.05) is 24.3 Å². The van der Waals surface area contributed by atoms with Gasteiger partial charge in [-0.2, -0.15) is 10.4 Å². The van der Waals surface area contributed by atoms with Gasteiger partial charge in [-0.05, 0) is 32.1 Å². The number of carbonyl (C=O) groups excluding carboxylic acids is 1. The molecule has 0 radical (unpaired) electrons. The first-order valence-electron chi connectivity index (χ1n) is 7.83. The van der Waals surface area contributed by atoms with E-state index < -0.39 is 5.97 Å². The van der Waals surface area contributed by atoms with Crippen molar-refractivity contribution < 1.29 is 14.6 Å². The number of aromatic amines is 1. The van der Waals surface area contributed by atoms with Crippen molar-refractivity contribution in [1.29, 1.82) is 5.26 Å². The van der Waals surface area contributed by atoms with Gasteiger partial charge in [-0.1, -0.05) is 18.2 Å². The predicted molar refractivity (Wildman–Crippen MR) is 98.4 cm³/mol. The van der Waals surface area contributed by atoms with E-state index in [1.54, 1.807) is 26.0 Å². The molecule has 0 aliphatic rings. The number of esters is 1. The van der Waals surface area contributed by atoms with E-state index in [1.165, 1.54) is 6.08 Å². The fourth-order valence-corrected chi connectivity index (χ4v) is 2.20. The van der Waals surface area contributed by atoms with Crippen molar-refractivity contribution >= 4 is 23.6 Å². The molecule has 0 saturated carbocycles. The Morgan fingerprint density at radius 1 is 1.46 bits per heavy atom. The molecule has 26 heavy (non-hydrogen) atoms. The Labute approximate surface area is 150 Å². The monoisotopic (exact) mass is 353 g/mol. The first-order valence-corrected chi connectivity index (χ1v) is 7.83. The van der Waals surface area contributed by atoms with Gasteiger partial charge in [-0.3, -0.25) is 5.43 Å². The number of rotatable bonds is 6. The summed E-state index contributed by atoms with van der Waals surface area (Å²) in [7, 11) is 0. The number of nitriles is 1. The summed E-state index contributed by atoms with van der Waals surface area (Å²) in [5, 5.41) is 23.5. The van der Waals surface area contributed by atoms with E-state index in [0.717, 1.165) is 0 Å². The van der Waals surface area contributed by atoms with Crippen LogP contribution < -0.4 is 11.2 Å². The van der Waals surface area contributed by atoms with E-state index in [9.17, 15) is 15.2 Å². The minimum atomic E-state index is -0.649. The number of carbonyl (C=O) groups is 1. The normalized spacial score (nSPS) is 11.7. The third kappa shape index (κ3) is 4.21. The molecule has 1 heterocycles. The van der Waals surface area contributed by atoms with Crippen LogP contribution >= 0.6 is 0 Å². The molecule has 2 aromatic rings. The molecule has 0 aliphatic carbocycles. The number of para-hydroxylation sites is 1. The molecule has 0 spiro atoms. The van der Waals surface area contributed by atoms with Crippen LogP contribution in [-0.4, -0.2) is 28.5 Å². The van der Waals surface area contributed by atoms with Crippen LogP contribution in [0.2, 0.25) is 0 Å². The second-order valence-electron chi connectivity index (χ2n) is 5.25. The third-order valence-corrected chi connectivity index (χ3v) is 3.43. The molecule has 0 saturated heterocycles. The minimum Gasteiger partial charge on any atom is -0.505 e. The van der Waals surface area contributed by atoms with Crippen LogP contribution in [-0.2, 0) is 4.74 Å². The lowest BCUT2D eigenvalue weighted by Crippen LogP contribution is -2.16. The highest BCUT2D eigenvalue weighted by Gasteiger charge is 2.21. The molecule has 0 atom stereocenters. The van der Waals surface area contributed by atoms with E-state index in [4.69, 9.17) is 10.5 Å². The number of nitrogens with one attached hydrogen (secondary N) is 2. The minimum absolute atomic E-state index is 0.0142. The Kier molecular flexibility index (Phi) is 6.01. The highest BCUT2D eigenvalue weighted by Crippen LogP contribution is 2.28. The van der Waals surface area contributed by atoms with E-state index >= 15 is 0 Å². The van der Waals surface area contributed by atoms with Gasteiger partial charge >= 0.3 is 5.97 Å². The van der Waals surface area contributed by atoms with E-state index in [2.05, 4.69) is 15.5 Å². The smallest absolute Gasteiger partial charge is 0.343 e. The molecule has 8 nitrogen and oxygen atoms in total. The Morgan fingerprint density at radius 3 is 2.77 bits per heavy atom. The SMILES string of the molecule is CCOC(=O)c1c(C)[nH]c(/C=C(C#N)\C(N)=N/Nc2ccccc2)c1O. The van der Waals surface area contributed by atoms with E-state index in [0.29, 0.717) is 11.4 Å². The van der Waals surface area contributed by atoms with Crippen molar-refractivity contribution in [2.24, 2.45) is 10.8 Å². The van der Waals surface area contributed by atoms with Gasteiger partial charge in [0.1, 0.15) is 11.6 Å². The molecular formula is C18H19N5O3.